The van der Waals surface area contributed by atoms with Crippen molar-refractivity contribution < 1.29 is 4.39 Å². The van der Waals surface area contributed by atoms with Gasteiger partial charge in [0.2, 0.25) is 0 Å². The van der Waals surface area contributed by atoms with Gasteiger partial charge in [-0.1, -0.05) is 6.07 Å². The first-order valence-corrected chi connectivity index (χ1v) is 6.46. The molecule has 4 heteroatoms. The Bertz CT molecular complexity index is 598. The van der Waals surface area contributed by atoms with E-state index in [-0.39, 0.29) is 5.82 Å². The summed E-state index contributed by atoms with van der Waals surface area (Å²) < 4.78 is 13.2. The SMILES string of the molecule is Nc1cccc2c1CCCN2Cc1cncc(F)c1. The van der Waals surface area contributed by atoms with E-state index in [1.54, 1.807) is 6.20 Å². The number of nitrogens with zero attached hydrogens (tertiary/aromatic N) is 2. The molecule has 0 aliphatic carbocycles. The number of aromatic nitrogens is 1. The number of rotatable bonds is 2. The highest BCUT2D eigenvalue weighted by atomic mass is 19.1. The molecule has 3 nitrogen and oxygen atoms in total. The fourth-order valence-electron chi connectivity index (χ4n) is 2.65. The van der Waals surface area contributed by atoms with Crippen LogP contribution < -0.4 is 10.6 Å². The van der Waals surface area contributed by atoms with Gasteiger partial charge in [0, 0.05) is 30.7 Å². The van der Waals surface area contributed by atoms with Crippen LogP contribution in [0.25, 0.3) is 0 Å². The van der Waals surface area contributed by atoms with Crippen LogP contribution >= 0.6 is 0 Å². The predicted molar refractivity (Wildman–Crippen MR) is 74.4 cm³/mol. The van der Waals surface area contributed by atoms with E-state index in [0.717, 1.165) is 36.3 Å². The number of halogens is 1. The second-order valence-corrected chi connectivity index (χ2v) is 4.88. The van der Waals surface area contributed by atoms with E-state index in [1.165, 1.54) is 17.8 Å². The first kappa shape index (κ1) is 12.0. The largest absolute Gasteiger partial charge is 0.398 e. The minimum atomic E-state index is -0.290. The lowest BCUT2D eigenvalue weighted by Gasteiger charge is -2.32. The van der Waals surface area contributed by atoms with Crippen LogP contribution in [0.5, 0.6) is 0 Å². The van der Waals surface area contributed by atoms with Crippen LogP contribution in [0.4, 0.5) is 15.8 Å². The van der Waals surface area contributed by atoms with Crippen molar-refractivity contribution in [3.05, 3.63) is 53.6 Å². The van der Waals surface area contributed by atoms with Crippen LogP contribution in [0.2, 0.25) is 0 Å². The van der Waals surface area contributed by atoms with Crippen LogP contribution in [0.1, 0.15) is 17.5 Å². The third-order valence-electron chi connectivity index (χ3n) is 3.52. The summed E-state index contributed by atoms with van der Waals surface area (Å²) in [5.74, 6) is -0.290. The summed E-state index contributed by atoms with van der Waals surface area (Å²) >= 11 is 0. The molecule has 1 aliphatic heterocycles. The maximum atomic E-state index is 13.2. The third-order valence-corrected chi connectivity index (χ3v) is 3.52. The van der Waals surface area contributed by atoms with E-state index < -0.39 is 0 Å². The average molecular weight is 257 g/mol. The van der Waals surface area contributed by atoms with E-state index in [1.807, 2.05) is 12.1 Å². The fraction of sp³-hybridized carbons (Fsp3) is 0.267. The Morgan fingerprint density at radius 1 is 1.32 bits per heavy atom. The monoisotopic (exact) mass is 257 g/mol. The second-order valence-electron chi connectivity index (χ2n) is 4.88. The smallest absolute Gasteiger partial charge is 0.141 e. The van der Waals surface area contributed by atoms with Crippen molar-refractivity contribution in [3.8, 4) is 0 Å². The molecule has 3 rings (SSSR count). The Kier molecular flexibility index (Phi) is 3.07. The summed E-state index contributed by atoms with van der Waals surface area (Å²) in [7, 11) is 0. The summed E-state index contributed by atoms with van der Waals surface area (Å²) in [5.41, 5.74) is 10.1. The summed E-state index contributed by atoms with van der Waals surface area (Å²) in [4.78, 5) is 6.14. The predicted octanol–water partition coefficient (Wildman–Crippen LogP) is 2.76. The molecule has 2 heterocycles. The van der Waals surface area contributed by atoms with Crippen molar-refractivity contribution >= 4 is 11.4 Å². The first-order chi connectivity index (χ1) is 9.24. The molecular weight excluding hydrogens is 241 g/mol. The number of anilines is 2. The van der Waals surface area contributed by atoms with Gasteiger partial charge in [-0.3, -0.25) is 4.98 Å². The lowest BCUT2D eigenvalue weighted by Crippen LogP contribution is -2.29. The standard InChI is InChI=1S/C15H16FN3/c16-12-7-11(8-18-9-12)10-19-6-2-3-13-14(17)4-1-5-15(13)19/h1,4-5,7-9H,2-3,6,10,17H2. The maximum Gasteiger partial charge on any atom is 0.141 e. The zero-order valence-electron chi connectivity index (χ0n) is 10.6. The number of pyridine rings is 1. The summed E-state index contributed by atoms with van der Waals surface area (Å²) in [5, 5.41) is 0. The van der Waals surface area contributed by atoms with Gasteiger partial charge in [0.05, 0.1) is 6.20 Å². The molecule has 1 aromatic carbocycles. The molecule has 0 radical (unpaired) electrons. The van der Waals surface area contributed by atoms with Gasteiger partial charge in [-0.05, 0) is 42.2 Å². The molecule has 2 N–H and O–H groups in total. The zero-order valence-corrected chi connectivity index (χ0v) is 10.6. The average Bonchev–Trinajstić information content (AvgIpc) is 2.40. The second kappa shape index (κ2) is 4.88. The Balaban J connectivity index is 1.90. The molecule has 0 saturated carbocycles. The van der Waals surface area contributed by atoms with Gasteiger partial charge in [-0.2, -0.15) is 0 Å². The van der Waals surface area contributed by atoms with Gasteiger partial charge in [-0.25, -0.2) is 4.39 Å². The van der Waals surface area contributed by atoms with Crippen molar-refractivity contribution in [2.45, 2.75) is 19.4 Å². The number of hydrogen-bond acceptors (Lipinski definition) is 3. The van der Waals surface area contributed by atoms with Gasteiger partial charge in [-0.15, -0.1) is 0 Å². The molecular formula is C15H16FN3. The van der Waals surface area contributed by atoms with E-state index in [2.05, 4.69) is 16.0 Å². The van der Waals surface area contributed by atoms with Crippen molar-refractivity contribution in [1.29, 1.82) is 0 Å². The lowest BCUT2D eigenvalue weighted by atomic mass is 9.99. The summed E-state index contributed by atoms with van der Waals surface area (Å²) in [6.45, 7) is 1.63. The van der Waals surface area contributed by atoms with Crippen LogP contribution in [-0.2, 0) is 13.0 Å². The molecule has 98 valence electrons. The molecule has 0 bridgehead atoms. The van der Waals surface area contributed by atoms with Gasteiger partial charge in [0.25, 0.3) is 0 Å². The van der Waals surface area contributed by atoms with Crippen molar-refractivity contribution in [2.24, 2.45) is 0 Å². The molecule has 19 heavy (non-hydrogen) atoms. The Morgan fingerprint density at radius 3 is 3.05 bits per heavy atom. The van der Waals surface area contributed by atoms with Crippen LogP contribution in [0.3, 0.4) is 0 Å². The highest BCUT2D eigenvalue weighted by molar-refractivity contribution is 5.66. The number of fused-ring (bicyclic) bond motifs is 1. The minimum Gasteiger partial charge on any atom is -0.398 e. The number of nitrogen functional groups attached to an aromatic ring is 1. The number of nitrogens with two attached hydrogens (primary N) is 1. The Hall–Kier alpha value is -2.10. The molecule has 0 saturated heterocycles. The van der Waals surface area contributed by atoms with Crippen LogP contribution in [0.15, 0.2) is 36.7 Å². The molecule has 0 atom stereocenters. The Morgan fingerprint density at radius 2 is 2.21 bits per heavy atom. The molecule has 0 unspecified atom stereocenters. The maximum absolute atomic E-state index is 13.2. The van der Waals surface area contributed by atoms with Crippen LogP contribution in [-0.4, -0.2) is 11.5 Å². The zero-order chi connectivity index (χ0) is 13.2. The van der Waals surface area contributed by atoms with E-state index in [4.69, 9.17) is 5.73 Å². The van der Waals surface area contributed by atoms with Crippen LogP contribution in [0, 0.1) is 5.82 Å². The van der Waals surface area contributed by atoms with E-state index >= 15 is 0 Å². The number of benzene rings is 1. The Labute approximate surface area is 111 Å². The molecule has 0 amide bonds. The van der Waals surface area contributed by atoms with Gasteiger partial charge in [0.1, 0.15) is 5.82 Å². The molecule has 1 aromatic heterocycles. The summed E-state index contributed by atoms with van der Waals surface area (Å²) in [6, 6.07) is 7.52. The molecule has 2 aromatic rings. The van der Waals surface area contributed by atoms with Crippen molar-refractivity contribution in [1.82, 2.24) is 4.98 Å². The third kappa shape index (κ3) is 2.38. The van der Waals surface area contributed by atoms with Gasteiger partial charge < -0.3 is 10.6 Å². The lowest BCUT2D eigenvalue weighted by molar-refractivity contribution is 0.615. The highest BCUT2D eigenvalue weighted by Gasteiger charge is 2.18. The van der Waals surface area contributed by atoms with E-state index in [0.29, 0.717) is 6.54 Å². The molecule has 0 fully saturated rings. The van der Waals surface area contributed by atoms with E-state index in [9.17, 15) is 4.39 Å². The topological polar surface area (TPSA) is 42.1 Å². The minimum absolute atomic E-state index is 0.290. The normalized spacial score (nSPS) is 14.3. The first-order valence-electron chi connectivity index (χ1n) is 6.46. The highest BCUT2D eigenvalue weighted by Crippen LogP contribution is 2.32. The summed E-state index contributed by atoms with van der Waals surface area (Å²) in [6.07, 6.45) is 5.03. The number of hydrogen-bond donors (Lipinski definition) is 1. The fourth-order valence-corrected chi connectivity index (χ4v) is 2.65. The molecule has 0 spiro atoms. The molecule has 1 aliphatic rings. The van der Waals surface area contributed by atoms with Gasteiger partial charge in [0.15, 0.2) is 0 Å². The van der Waals surface area contributed by atoms with Crippen molar-refractivity contribution in [2.75, 3.05) is 17.2 Å². The van der Waals surface area contributed by atoms with Gasteiger partial charge >= 0.3 is 0 Å². The quantitative estimate of drug-likeness (QED) is 0.841. The van der Waals surface area contributed by atoms with Crippen molar-refractivity contribution in [3.63, 3.8) is 0 Å².